The van der Waals surface area contributed by atoms with Crippen LogP contribution in [0, 0.1) is 0 Å². The molecule has 1 aliphatic rings. The highest BCUT2D eigenvalue weighted by molar-refractivity contribution is 6.36. The van der Waals surface area contributed by atoms with Crippen LogP contribution in [0.4, 0.5) is 10.1 Å². The first-order valence-electron chi connectivity index (χ1n) is 7.39. The summed E-state index contributed by atoms with van der Waals surface area (Å²) in [5, 5.41) is 8.78. The van der Waals surface area contributed by atoms with Crippen molar-refractivity contribution in [2.45, 2.75) is 24.9 Å². The Hall–Kier alpha value is -1.83. The molecule has 0 fully saturated rings. The SMILES string of the molecule is CCOC1=C(Cl)C=CC(c2cc(NC(C)=O)c(Cl)c(C(=O)O)n2)C1(F)Cl. The van der Waals surface area contributed by atoms with Gasteiger partial charge in [-0.1, -0.05) is 40.9 Å². The molecule has 2 N–H and O–H groups in total. The predicted octanol–water partition coefficient (Wildman–Crippen LogP) is 4.44. The van der Waals surface area contributed by atoms with Crippen molar-refractivity contribution in [2.75, 3.05) is 11.9 Å². The lowest BCUT2D eigenvalue weighted by Crippen LogP contribution is -2.31. The maximum Gasteiger partial charge on any atom is 0.356 e. The van der Waals surface area contributed by atoms with Gasteiger partial charge in [-0.3, -0.25) is 4.79 Å². The number of aromatic nitrogens is 1. The Labute approximate surface area is 163 Å². The van der Waals surface area contributed by atoms with Crippen molar-refractivity contribution < 1.29 is 23.8 Å². The molecule has 1 aromatic heterocycles. The van der Waals surface area contributed by atoms with Gasteiger partial charge in [0.15, 0.2) is 11.5 Å². The van der Waals surface area contributed by atoms with Gasteiger partial charge < -0.3 is 15.2 Å². The number of hydrogen-bond donors (Lipinski definition) is 2. The van der Waals surface area contributed by atoms with Gasteiger partial charge in [0, 0.05) is 6.92 Å². The molecule has 140 valence electrons. The van der Waals surface area contributed by atoms with Crippen molar-refractivity contribution >= 4 is 52.4 Å². The van der Waals surface area contributed by atoms with Gasteiger partial charge in [-0.05, 0) is 19.1 Å². The molecule has 2 atom stereocenters. The third kappa shape index (κ3) is 3.95. The number of aromatic carboxylic acids is 1. The van der Waals surface area contributed by atoms with Gasteiger partial charge in [-0.2, -0.15) is 0 Å². The maximum atomic E-state index is 15.3. The number of nitrogens with one attached hydrogen (secondary N) is 1. The lowest BCUT2D eigenvalue weighted by molar-refractivity contribution is -0.114. The summed E-state index contributed by atoms with van der Waals surface area (Å²) < 4.78 is 20.5. The van der Waals surface area contributed by atoms with E-state index in [1.165, 1.54) is 25.1 Å². The first-order chi connectivity index (χ1) is 12.1. The Morgan fingerprint density at radius 3 is 2.65 bits per heavy atom. The summed E-state index contributed by atoms with van der Waals surface area (Å²) in [6.45, 7) is 2.97. The van der Waals surface area contributed by atoms with E-state index in [0.29, 0.717) is 0 Å². The van der Waals surface area contributed by atoms with E-state index in [-0.39, 0.29) is 33.8 Å². The second-order valence-corrected chi connectivity index (χ2v) is 6.65. The van der Waals surface area contributed by atoms with Gasteiger partial charge in [-0.15, -0.1) is 0 Å². The van der Waals surface area contributed by atoms with Crippen LogP contribution < -0.4 is 5.32 Å². The van der Waals surface area contributed by atoms with E-state index < -0.39 is 28.6 Å². The van der Waals surface area contributed by atoms with E-state index in [1.54, 1.807) is 6.92 Å². The molecule has 1 aliphatic carbocycles. The number of rotatable bonds is 5. The van der Waals surface area contributed by atoms with E-state index in [1.807, 2.05) is 0 Å². The minimum absolute atomic E-state index is 0.0184. The minimum Gasteiger partial charge on any atom is -0.492 e. The Morgan fingerprint density at radius 2 is 2.12 bits per heavy atom. The van der Waals surface area contributed by atoms with Crippen molar-refractivity contribution in [3.05, 3.63) is 45.4 Å². The highest BCUT2D eigenvalue weighted by Gasteiger charge is 2.47. The number of amides is 1. The lowest BCUT2D eigenvalue weighted by atomic mass is 9.92. The number of carboxylic acids is 1. The van der Waals surface area contributed by atoms with Crippen LogP contribution in [0.25, 0.3) is 0 Å². The smallest absolute Gasteiger partial charge is 0.356 e. The number of hydrogen-bond acceptors (Lipinski definition) is 4. The zero-order chi connectivity index (χ0) is 19.6. The third-order valence-electron chi connectivity index (χ3n) is 3.44. The Bertz CT molecular complexity index is 824. The summed E-state index contributed by atoms with van der Waals surface area (Å²) in [5.41, 5.74) is -0.640. The predicted molar refractivity (Wildman–Crippen MR) is 96.6 cm³/mol. The molecule has 10 heteroatoms. The van der Waals surface area contributed by atoms with Crippen LogP contribution in [0.1, 0.15) is 35.9 Å². The molecule has 0 saturated heterocycles. The number of carboxylic acid groups (broad SMARTS) is 1. The minimum atomic E-state index is -2.61. The molecule has 1 aromatic rings. The number of anilines is 1. The molecule has 0 aromatic carbocycles. The summed E-state index contributed by atoms with van der Waals surface area (Å²) in [5.74, 6) is -3.46. The quantitative estimate of drug-likeness (QED) is 0.684. The zero-order valence-electron chi connectivity index (χ0n) is 13.6. The van der Waals surface area contributed by atoms with Crippen LogP contribution >= 0.6 is 34.8 Å². The molecule has 0 spiro atoms. The highest BCUT2D eigenvalue weighted by Crippen LogP contribution is 2.48. The number of allylic oxidation sites excluding steroid dienone is 4. The monoisotopic (exact) mass is 422 g/mol. The topological polar surface area (TPSA) is 88.5 Å². The number of ether oxygens (including phenoxy) is 1. The van der Waals surface area contributed by atoms with Crippen LogP contribution in [-0.4, -0.2) is 33.7 Å². The van der Waals surface area contributed by atoms with Crippen molar-refractivity contribution in [1.29, 1.82) is 0 Å². The summed E-state index contributed by atoms with van der Waals surface area (Å²) in [6, 6.07) is 1.25. The first-order valence-corrected chi connectivity index (χ1v) is 8.53. The van der Waals surface area contributed by atoms with Crippen LogP contribution in [-0.2, 0) is 9.53 Å². The average Bonchev–Trinajstić information content (AvgIpc) is 2.52. The fraction of sp³-hybridized carbons (Fsp3) is 0.312. The standard InChI is InChI=1S/C16H14Cl3FN2O4/c1-3-26-14-9(17)5-4-8(16(14,19)20)10-6-11(21-7(2)23)12(18)13(22-10)15(24)25/h4-6,8H,3H2,1-2H3,(H,24,25)(H,21,22,23). The van der Waals surface area contributed by atoms with Gasteiger partial charge in [0.25, 0.3) is 5.13 Å². The van der Waals surface area contributed by atoms with Gasteiger partial charge >= 0.3 is 5.97 Å². The normalized spacial score (nSPS) is 22.3. The van der Waals surface area contributed by atoms with Crippen molar-refractivity contribution in [3.63, 3.8) is 0 Å². The fourth-order valence-corrected chi connectivity index (χ4v) is 3.28. The van der Waals surface area contributed by atoms with E-state index in [9.17, 15) is 14.7 Å². The van der Waals surface area contributed by atoms with Crippen LogP contribution in [0.5, 0.6) is 0 Å². The van der Waals surface area contributed by atoms with E-state index in [0.717, 1.165) is 0 Å². The number of halogens is 4. The molecular formula is C16H14Cl3FN2O4. The Kier molecular flexibility index (Phi) is 6.16. The maximum absolute atomic E-state index is 15.3. The fourth-order valence-electron chi connectivity index (χ4n) is 2.40. The number of nitrogens with zero attached hydrogens (tertiary/aromatic N) is 1. The molecule has 2 unspecified atom stereocenters. The highest BCUT2D eigenvalue weighted by atomic mass is 35.5. The lowest BCUT2D eigenvalue weighted by Gasteiger charge is -2.31. The van der Waals surface area contributed by atoms with Crippen LogP contribution in [0.2, 0.25) is 5.02 Å². The van der Waals surface area contributed by atoms with Crippen molar-refractivity contribution in [2.24, 2.45) is 0 Å². The van der Waals surface area contributed by atoms with Gasteiger partial charge in [0.1, 0.15) is 0 Å². The molecule has 6 nitrogen and oxygen atoms in total. The average molecular weight is 424 g/mol. The third-order valence-corrected chi connectivity index (χ3v) is 4.53. The van der Waals surface area contributed by atoms with E-state index in [4.69, 9.17) is 39.5 Å². The van der Waals surface area contributed by atoms with Gasteiger partial charge in [0.05, 0.1) is 34.0 Å². The largest absolute Gasteiger partial charge is 0.492 e. The molecule has 1 amide bonds. The zero-order valence-corrected chi connectivity index (χ0v) is 15.9. The molecule has 0 aliphatic heterocycles. The van der Waals surface area contributed by atoms with Crippen molar-refractivity contribution in [1.82, 2.24) is 4.98 Å². The second-order valence-electron chi connectivity index (χ2n) is 5.31. The summed E-state index contributed by atoms with van der Waals surface area (Å²) in [4.78, 5) is 26.7. The molecule has 2 rings (SSSR count). The van der Waals surface area contributed by atoms with Gasteiger partial charge in [0.2, 0.25) is 5.91 Å². The molecule has 26 heavy (non-hydrogen) atoms. The van der Waals surface area contributed by atoms with Crippen LogP contribution in [0.3, 0.4) is 0 Å². The number of carbonyl (C=O) groups is 2. The summed E-state index contributed by atoms with van der Waals surface area (Å²) in [6.07, 6.45) is 2.71. The van der Waals surface area contributed by atoms with Gasteiger partial charge in [-0.25, -0.2) is 14.2 Å². The van der Waals surface area contributed by atoms with Crippen LogP contribution in [0.15, 0.2) is 29.0 Å². The molecule has 1 heterocycles. The molecule has 0 radical (unpaired) electrons. The summed E-state index contributed by atoms with van der Waals surface area (Å²) in [7, 11) is 0. The molecule has 0 bridgehead atoms. The van der Waals surface area contributed by atoms with E-state index >= 15 is 4.39 Å². The van der Waals surface area contributed by atoms with E-state index in [2.05, 4.69) is 10.3 Å². The second kappa shape index (κ2) is 7.82. The Morgan fingerprint density at radius 1 is 1.46 bits per heavy atom. The molecular weight excluding hydrogens is 410 g/mol. The summed E-state index contributed by atoms with van der Waals surface area (Å²) >= 11 is 18.0. The number of alkyl halides is 2. The van der Waals surface area contributed by atoms with Crippen molar-refractivity contribution in [3.8, 4) is 0 Å². The Balaban J connectivity index is 2.61. The number of carbonyl (C=O) groups excluding carboxylic acids is 1. The first kappa shape index (κ1) is 20.5. The number of pyridine rings is 1. The molecule has 0 saturated carbocycles.